The number of fused-ring (bicyclic) bond motifs is 1. The van der Waals surface area contributed by atoms with Crippen molar-refractivity contribution in [2.75, 3.05) is 37.6 Å². The predicted molar refractivity (Wildman–Crippen MR) is 80.4 cm³/mol. The Hall–Kier alpha value is -0.800. The van der Waals surface area contributed by atoms with Crippen LogP contribution in [-0.2, 0) is 5.33 Å². The summed E-state index contributed by atoms with van der Waals surface area (Å²) in [5.74, 6) is 0.880. The van der Waals surface area contributed by atoms with Crippen LogP contribution in [0.5, 0.6) is 0 Å². The van der Waals surface area contributed by atoms with E-state index >= 15 is 0 Å². The van der Waals surface area contributed by atoms with Crippen molar-refractivity contribution in [1.29, 1.82) is 0 Å². The first-order chi connectivity index (χ1) is 9.98. The Bertz CT molecular complexity index is 616. The summed E-state index contributed by atoms with van der Waals surface area (Å²) in [6.45, 7) is 1.13. The zero-order valence-electron chi connectivity index (χ0n) is 11.1. The molecule has 1 fully saturated rings. The van der Waals surface area contributed by atoms with Crippen LogP contribution in [0.3, 0.4) is 0 Å². The van der Waals surface area contributed by atoms with Crippen LogP contribution in [0.25, 0.3) is 4.96 Å². The lowest BCUT2D eigenvalue weighted by molar-refractivity contribution is -0.146. The summed E-state index contributed by atoms with van der Waals surface area (Å²) < 4.78 is 39.2. The number of anilines is 1. The number of nitrogens with zero attached hydrogens (tertiary/aromatic N) is 4. The Morgan fingerprint density at radius 2 is 1.95 bits per heavy atom. The first-order valence-electron chi connectivity index (χ1n) is 6.52. The summed E-state index contributed by atoms with van der Waals surface area (Å²) in [6.07, 6.45) is -2.16. The molecule has 9 heteroatoms. The minimum atomic E-state index is -4.12. The molecule has 0 unspecified atom stereocenters. The molecule has 0 radical (unpaired) electrons. The Kier molecular flexibility index (Phi) is 4.15. The highest BCUT2D eigenvalue weighted by molar-refractivity contribution is 9.08. The highest BCUT2D eigenvalue weighted by Gasteiger charge is 2.32. The van der Waals surface area contributed by atoms with Crippen LogP contribution in [0.15, 0.2) is 11.6 Å². The number of hydrogen-bond donors (Lipinski definition) is 0. The molecule has 116 valence electrons. The lowest BCUT2D eigenvalue weighted by Crippen LogP contribution is -2.49. The van der Waals surface area contributed by atoms with Crippen molar-refractivity contribution in [2.24, 2.45) is 0 Å². The fourth-order valence-corrected chi connectivity index (χ4v) is 3.82. The summed E-state index contributed by atoms with van der Waals surface area (Å²) >= 11 is 5.02. The minimum Gasteiger partial charge on any atom is -0.352 e. The van der Waals surface area contributed by atoms with Crippen LogP contribution >= 0.6 is 27.3 Å². The van der Waals surface area contributed by atoms with Crippen molar-refractivity contribution < 1.29 is 13.2 Å². The van der Waals surface area contributed by atoms with E-state index in [-0.39, 0.29) is 0 Å². The second kappa shape index (κ2) is 5.77. The Morgan fingerprint density at radius 1 is 1.24 bits per heavy atom. The number of aromatic nitrogens is 2. The molecule has 1 aliphatic rings. The predicted octanol–water partition coefficient (Wildman–Crippen LogP) is 2.98. The summed E-state index contributed by atoms with van der Waals surface area (Å²) in [5.41, 5.74) is 1.05. The van der Waals surface area contributed by atoms with Crippen molar-refractivity contribution in [3.63, 3.8) is 0 Å². The van der Waals surface area contributed by atoms with Gasteiger partial charge >= 0.3 is 6.18 Å². The van der Waals surface area contributed by atoms with E-state index in [4.69, 9.17) is 0 Å². The molecule has 1 aliphatic heterocycles. The van der Waals surface area contributed by atoms with E-state index in [1.165, 1.54) is 4.90 Å². The van der Waals surface area contributed by atoms with Gasteiger partial charge in [0.25, 0.3) is 0 Å². The standard InChI is InChI=1S/C12H14BrF3N4S/c13-7-9-10(17-11-20(9)5-6-21-11)19-3-1-18(2-4-19)8-12(14,15)16/h5-6H,1-4,7-8H2. The zero-order valence-corrected chi connectivity index (χ0v) is 13.5. The number of hydrogen-bond acceptors (Lipinski definition) is 4. The average molecular weight is 383 g/mol. The van der Waals surface area contributed by atoms with Crippen molar-refractivity contribution in [1.82, 2.24) is 14.3 Å². The molecule has 0 atom stereocenters. The fraction of sp³-hybridized carbons (Fsp3) is 0.583. The van der Waals surface area contributed by atoms with Gasteiger partial charge in [-0.25, -0.2) is 4.98 Å². The van der Waals surface area contributed by atoms with Crippen LogP contribution in [-0.4, -0.2) is 53.2 Å². The summed E-state index contributed by atoms with van der Waals surface area (Å²) in [5, 5.41) is 2.64. The van der Waals surface area contributed by atoms with Gasteiger partial charge < -0.3 is 4.90 Å². The van der Waals surface area contributed by atoms with Gasteiger partial charge in [-0.05, 0) is 0 Å². The first-order valence-corrected chi connectivity index (χ1v) is 8.52. The fourth-order valence-electron chi connectivity index (χ4n) is 2.57. The molecule has 0 amide bonds. The van der Waals surface area contributed by atoms with E-state index in [2.05, 4.69) is 25.8 Å². The lowest BCUT2D eigenvalue weighted by Gasteiger charge is -2.35. The van der Waals surface area contributed by atoms with E-state index in [0.717, 1.165) is 16.5 Å². The monoisotopic (exact) mass is 382 g/mol. The SMILES string of the molecule is FC(F)(F)CN1CCN(c2nc3sccn3c2CBr)CC1. The van der Waals surface area contributed by atoms with Crippen LogP contribution in [0.2, 0.25) is 0 Å². The smallest absolute Gasteiger partial charge is 0.352 e. The van der Waals surface area contributed by atoms with E-state index < -0.39 is 12.7 Å². The number of halogens is 4. The van der Waals surface area contributed by atoms with Crippen molar-refractivity contribution in [3.8, 4) is 0 Å². The van der Waals surface area contributed by atoms with E-state index in [1.807, 2.05) is 16.0 Å². The van der Waals surface area contributed by atoms with Crippen LogP contribution in [0, 0.1) is 0 Å². The maximum absolute atomic E-state index is 12.4. The highest BCUT2D eigenvalue weighted by Crippen LogP contribution is 2.27. The maximum Gasteiger partial charge on any atom is 0.401 e. The number of imidazole rings is 1. The number of thiazole rings is 1. The molecule has 0 saturated carbocycles. The van der Waals surface area contributed by atoms with E-state index in [0.29, 0.717) is 31.5 Å². The third kappa shape index (κ3) is 3.19. The van der Waals surface area contributed by atoms with Crippen LogP contribution in [0.1, 0.15) is 5.69 Å². The van der Waals surface area contributed by atoms with Crippen molar-refractivity contribution in [3.05, 3.63) is 17.3 Å². The van der Waals surface area contributed by atoms with Gasteiger partial charge in [-0.15, -0.1) is 11.3 Å². The minimum absolute atomic E-state index is 0.409. The summed E-state index contributed by atoms with van der Waals surface area (Å²) in [6, 6.07) is 0. The van der Waals surface area contributed by atoms with Gasteiger partial charge in [-0.2, -0.15) is 13.2 Å². The molecule has 3 rings (SSSR count). The lowest BCUT2D eigenvalue weighted by atomic mass is 10.3. The second-order valence-corrected chi connectivity index (χ2v) is 6.38. The average Bonchev–Trinajstić information content (AvgIpc) is 2.97. The summed E-state index contributed by atoms with van der Waals surface area (Å²) in [7, 11) is 0. The molecule has 4 nitrogen and oxygen atoms in total. The quantitative estimate of drug-likeness (QED) is 0.762. The van der Waals surface area contributed by atoms with Gasteiger partial charge in [0.05, 0.1) is 12.2 Å². The highest BCUT2D eigenvalue weighted by atomic mass is 79.9. The molecule has 0 bridgehead atoms. The maximum atomic E-state index is 12.4. The molecule has 0 aliphatic carbocycles. The first kappa shape index (κ1) is 15.1. The number of rotatable bonds is 3. The van der Waals surface area contributed by atoms with Gasteiger partial charge in [0, 0.05) is 43.1 Å². The van der Waals surface area contributed by atoms with Crippen LogP contribution < -0.4 is 4.90 Å². The van der Waals surface area contributed by atoms with Gasteiger partial charge in [0.1, 0.15) is 0 Å². The molecular formula is C12H14BrF3N4S. The van der Waals surface area contributed by atoms with Gasteiger partial charge in [-0.1, -0.05) is 15.9 Å². The Labute approximate surface area is 132 Å². The third-order valence-corrected chi connectivity index (χ3v) is 4.83. The molecule has 3 heterocycles. The largest absolute Gasteiger partial charge is 0.401 e. The topological polar surface area (TPSA) is 23.8 Å². The third-order valence-electron chi connectivity index (χ3n) is 3.54. The second-order valence-electron chi connectivity index (χ2n) is 4.95. The van der Waals surface area contributed by atoms with E-state index in [1.54, 1.807) is 11.3 Å². The van der Waals surface area contributed by atoms with Crippen molar-refractivity contribution in [2.45, 2.75) is 11.5 Å². The molecule has 21 heavy (non-hydrogen) atoms. The number of piperazine rings is 1. The Morgan fingerprint density at radius 3 is 2.57 bits per heavy atom. The molecule has 0 N–H and O–H groups in total. The molecule has 1 saturated heterocycles. The Balaban J connectivity index is 1.72. The van der Waals surface area contributed by atoms with Crippen molar-refractivity contribution >= 4 is 38.0 Å². The molecule has 0 spiro atoms. The van der Waals surface area contributed by atoms with Gasteiger partial charge in [0.2, 0.25) is 0 Å². The molecular weight excluding hydrogens is 369 g/mol. The van der Waals surface area contributed by atoms with E-state index in [9.17, 15) is 13.2 Å². The number of alkyl halides is 4. The van der Waals surface area contributed by atoms with Crippen LogP contribution in [0.4, 0.5) is 19.0 Å². The molecule has 2 aromatic heterocycles. The normalized spacial score (nSPS) is 17.8. The zero-order chi connectivity index (χ0) is 15.0. The van der Waals surface area contributed by atoms with Gasteiger partial charge in [-0.3, -0.25) is 9.30 Å². The summed E-state index contributed by atoms with van der Waals surface area (Å²) in [4.78, 5) is 9.04. The molecule has 0 aromatic carbocycles. The molecule has 2 aromatic rings. The van der Waals surface area contributed by atoms with Gasteiger partial charge in [0.15, 0.2) is 10.8 Å².